The van der Waals surface area contributed by atoms with Gasteiger partial charge in [-0.05, 0) is 169 Å². The molecule has 0 atom stereocenters. The third kappa shape index (κ3) is 4.32. The summed E-state index contributed by atoms with van der Waals surface area (Å²) in [5.74, 6) is 0.653. The van der Waals surface area contributed by atoms with Crippen molar-refractivity contribution in [1.82, 2.24) is 4.98 Å². The van der Waals surface area contributed by atoms with E-state index in [1.165, 1.54) is 132 Å². The molecule has 2 nitrogen and oxygen atoms in total. The van der Waals surface area contributed by atoms with Gasteiger partial charge in [0, 0.05) is 11.0 Å². The third-order valence-electron chi connectivity index (χ3n) is 15.0. The first-order valence-corrected chi connectivity index (χ1v) is 22.4. The lowest BCUT2D eigenvalue weighted by Gasteiger charge is -2.24. The van der Waals surface area contributed by atoms with E-state index in [9.17, 15) is 0 Å². The Morgan fingerprint density at radius 1 is 0.344 bits per heavy atom. The first-order chi connectivity index (χ1) is 31.5. The molecule has 12 aromatic rings. The van der Waals surface area contributed by atoms with Crippen LogP contribution in [0.1, 0.15) is 25.0 Å². The maximum absolute atomic E-state index is 6.34. The number of hydrogen-bond donors (Lipinski definition) is 0. The topological polar surface area (TPSA) is 26.0 Å². The number of oxazole rings is 1. The number of nitrogens with zero attached hydrogens (tertiary/aromatic N) is 1. The second-order valence-corrected chi connectivity index (χ2v) is 18.5. The Hall–Kier alpha value is -8.07. The van der Waals surface area contributed by atoms with Crippen molar-refractivity contribution in [2.75, 3.05) is 0 Å². The molecule has 0 saturated carbocycles. The molecule has 3 aliphatic carbocycles. The van der Waals surface area contributed by atoms with Crippen LogP contribution in [-0.2, 0) is 5.41 Å². The van der Waals surface area contributed by atoms with Gasteiger partial charge in [-0.1, -0.05) is 166 Å². The molecule has 0 saturated heterocycles. The average Bonchev–Trinajstić information content (AvgIpc) is 4.07. The molecule has 296 valence electrons. The van der Waals surface area contributed by atoms with E-state index in [0.29, 0.717) is 5.89 Å². The highest BCUT2D eigenvalue weighted by Gasteiger charge is 2.38. The Morgan fingerprint density at radius 3 is 1.39 bits per heavy atom. The predicted octanol–water partition coefficient (Wildman–Crippen LogP) is 17.0. The molecule has 1 heterocycles. The maximum atomic E-state index is 6.34. The molecule has 1 aromatic heterocycles. The van der Waals surface area contributed by atoms with Crippen LogP contribution in [0.2, 0.25) is 0 Å². The van der Waals surface area contributed by atoms with Gasteiger partial charge in [-0.25, -0.2) is 4.98 Å². The van der Waals surface area contributed by atoms with Crippen LogP contribution in [0.25, 0.3) is 144 Å². The summed E-state index contributed by atoms with van der Waals surface area (Å²) in [5, 5.41) is 10.3. The van der Waals surface area contributed by atoms with Crippen molar-refractivity contribution < 1.29 is 4.42 Å². The van der Waals surface area contributed by atoms with Crippen LogP contribution >= 0.6 is 0 Å². The third-order valence-corrected chi connectivity index (χ3v) is 15.0. The number of aromatic nitrogens is 1. The van der Waals surface area contributed by atoms with E-state index in [2.05, 4.69) is 178 Å². The molecular formula is C62H37NO. The number of fused-ring (bicyclic) bond motifs is 12. The van der Waals surface area contributed by atoms with E-state index in [1.807, 2.05) is 24.3 Å². The van der Waals surface area contributed by atoms with Gasteiger partial charge in [-0.15, -0.1) is 0 Å². The largest absolute Gasteiger partial charge is 0.436 e. The summed E-state index contributed by atoms with van der Waals surface area (Å²) in [6, 6.07) is 70.2. The lowest BCUT2D eigenvalue weighted by atomic mass is 9.78. The minimum atomic E-state index is -0.290. The van der Waals surface area contributed by atoms with E-state index in [4.69, 9.17) is 9.40 Å². The molecule has 0 N–H and O–H groups in total. The molecular weight excluding hydrogens is 775 g/mol. The van der Waals surface area contributed by atoms with Crippen LogP contribution in [0, 0.1) is 0 Å². The lowest BCUT2D eigenvalue weighted by molar-refractivity contribution is 0.618. The molecule has 0 bridgehead atoms. The summed E-state index contributed by atoms with van der Waals surface area (Å²) in [7, 11) is 0. The van der Waals surface area contributed by atoms with Crippen molar-refractivity contribution in [3.05, 3.63) is 199 Å². The quantitative estimate of drug-likeness (QED) is 0.166. The number of hydrogen-bond acceptors (Lipinski definition) is 2. The van der Waals surface area contributed by atoms with Crippen LogP contribution in [0.3, 0.4) is 0 Å². The Bertz CT molecular complexity index is 4010. The molecule has 3 aliphatic rings. The second kappa shape index (κ2) is 12.1. The SMILES string of the molecule is CC1(C)c2cc(-c3nc4ccccc4o3)ccc2-c2cc3c(-c4ccc5c6c(cccc46)-c4ccccc4-5)c4ccccc4c(-c4ccc5c6c(cccc46)-c4ccccc4-5)c3cc21. The predicted molar refractivity (Wildman–Crippen MR) is 267 cm³/mol. The van der Waals surface area contributed by atoms with Crippen LogP contribution in [0.5, 0.6) is 0 Å². The summed E-state index contributed by atoms with van der Waals surface area (Å²) in [4.78, 5) is 4.91. The van der Waals surface area contributed by atoms with Crippen LogP contribution in [-0.4, -0.2) is 4.98 Å². The second-order valence-electron chi connectivity index (χ2n) is 18.5. The highest BCUT2D eigenvalue weighted by Crippen LogP contribution is 2.57. The van der Waals surface area contributed by atoms with Crippen molar-refractivity contribution in [2.45, 2.75) is 19.3 Å². The van der Waals surface area contributed by atoms with Gasteiger partial charge in [0.25, 0.3) is 0 Å². The summed E-state index contributed by atoms with van der Waals surface area (Å²) in [5.41, 5.74) is 23.2. The molecule has 0 amide bonds. The molecule has 2 heteroatoms. The molecule has 11 aromatic carbocycles. The fourth-order valence-electron chi connectivity index (χ4n) is 12.2. The smallest absolute Gasteiger partial charge is 0.227 e. The van der Waals surface area contributed by atoms with E-state index < -0.39 is 0 Å². The van der Waals surface area contributed by atoms with E-state index in [1.54, 1.807) is 0 Å². The summed E-state index contributed by atoms with van der Waals surface area (Å²) in [6.07, 6.45) is 0. The highest BCUT2D eigenvalue weighted by atomic mass is 16.3. The van der Waals surface area contributed by atoms with Crippen LogP contribution in [0.15, 0.2) is 192 Å². The number of benzene rings is 11. The monoisotopic (exact) mass is 811 g/mol. The standard InChI is InChI=1S/C62H37NO/c1-62(2)53-31-34(61-63-55-23-9-10-24-56(55)64-61)25-26-39(53)50-32-51-52(33-54(50)62)60(49-30-28-47-38-16-6-4-14-36(38)41-20-12-22-45(49)58(41)47)43-18-8-7-17-42(43)59(51)48-29-27-46-37-15-5-3-13-35(37)40-19-11-21-44(48)57(40)46/h3-33H,1-2H3. The number of rotatable bonds is 3. The Labute approximate surface area is 369 Å². The van der Waals surface area contributed by atoms with Crippen LogP contribution < -0.4 is 0 Å². The van der Waals surface area contributed by atoms with Crippen LogP contribution in [0.4, 0.5) is 0 Å². The minimum Gasteiger partial charge on any atom is -0.436 e. The molecule has 0 fully saturated rings. The van der Waals surface area contributed by atoms with Gasteiger partial charge in [0.15, 0.2) is 5.58 Å². The average molecular weight is 812 g/mol. The minimum absolute atomic E-state index is 0.290. The van der Waals surface area contributed by atoms with Crippen molar-refractivity contribution in [1.29, 1.82) is 0 Å². The zero-order valence-corrected chi connectivity index (χ0v) is 35.3. The zero-order valence-electron chi connectivity index (χ0n) is 35.3. The van der Waals surface area contributed by atoms with Crippen molar-refractivity contribution in [3.63, 3.8) is 0 Å². The van der Waals surface area contributed by atoms with Gasteiger partial charge in [-0.3, -0.25) is 0 Å². The van der Waals surface area contributed by atoms with E-state index in [0.717, 1.165) is 16.7 Å². The van der Waals surface area contributed by atoms with Gasteiger partial charge >= 0.3 is 0 Å². The highest BCUT2D eigenvalue weighted by molar-refractivity contribution is 6.29. The Balaban J connectivity index is 1.06. The fourth-order valence-corrected chi connectivity index (χ4v) is 12.2. The van der Waals surface area contributed by atoms with E-state index in [-0.39, 0.29) is 5.41 Å². The molecule has 64 heavy (non-hydrogen) atoms. The number of para-hydroxylation sites is 2. The fraction of sp³-hybridized carbons (Fsp3) is 0.0484. The molecule has 0 unspecified atom stereocenters. The Morgan fingerprint density at radius 2 is 0.797 bits per heavy atom. The van der Waals surface area contributed by atoms with Gasteiger partial charge < -0.3 is 4.42 Å². The molecule has 0 radical (unpaired) electrons. The van der Waals surface area contributed by atoms with Crippen molar-refractivity contribution >= 4 is 54.2 Å². The van der Waals surface area contributed by atoms with E-state index >= 15 is 0 Å². The molecule has 0 aliphatic heterocycles. The zero-order chi connectivity index (χ0) is 42.0. The summed E-state index contributed by atoms with van der Waals surface area (Å²) in [6.45, 7) is 4.77. The first kappa shape index (κ1) is 34.5. The van der Waals surface area contributed by atoms with Gasteiger partial charge in [0.2, 0.25) is 5.89 Å². The maximum Gasteiger partial charge on any atom is 0.227 e. The summed E-state index contributed by atoms with van der Waals surface area (Å²) < 4.78 is 6.34. The van der Waals surface area contributed by atoms with Crippen molar-refractivity contribution in [3.8, 4) is 89.3 Å². The van der Waals surface area contributed by atoms with Crippen molar-refractivity contribution in [2.24, 2.45) is 0 Å². The summed E-state index contributed by atoms with van der Waals surface area (Å²) >= 11 is 0. The lowest BCUT2D eigenvalue weighted by Crippen LogP contribution is -2.15. The molecule has 0 spiro atoms. The Kier molecular flexibility index (Phi) is 6.52. The molecule has 15 rings (SSSR count). The van der Waals surface area contributed by atoms with Gasteiger partial charge in [0.05, 0.1) is 0 Å². The van der Waals surface area contributed by atoms with Gasteiger partial charge in [-0.2, -0.15) is 0 Å². The van der Waals surface area contributed by atoms with Gasteiger partial charge in [0.1, 0.15) is 5.52 Å². The first-order valence-electron chi connectivity index (χ1n) is 22.4. The normalized spacial score (nSPS) is 13.6.